The molecule has 0 radical (unpaired) electrons. The number of aliphatic imine (C=N–C) groups is 1. The largest absolute Gasteiger partial charge is 0.495 e. The van der Waals surface area contributed by atoms with Gasteiger partial charge in [0.15, 0.2) is 0 Å². The van der Waals surface area contributed by atoms with Crippen molar-refractivity contribution in [3.05, 3.63) is 93.0 Å². The molecule has 1 heterocycles. The molecule has 1 saturated heterocycles. The van der Waals surface area contributed by atoms with Crippen LogP contribution < -0.4 is 20.7 Å². The molecule has 1 aliphatic heterocycles. The molecule has 292 valence electrons. The molecule has 4 rings (SSSR count). The van der Waals surface area contributed by atoms with Crippen LogP contribution in [0.5, 0.6) is 5.75 Å². The number of carbonyl (C=O) groups is 3. The predicted molar refractivity (Wildman–Crippen MR) is 201 cm³/mol. The Balaban J connectivity index is 1.72. The van der Waals surface area contributed by atoms with E-state index in [-0.39, 0.29) is 50.1 Å². The van der Waals surface area contributed by atoms with E-state index in [1.54, 1.807) is 12.3 Å². The van der Waals surface area contributed by atoms with Crippen molar-refractivity contribution in [3.63, 3.8) is 0 Å². The Kier molecular flexibility index (Phi) is 14.0. The number of anilines is 1. The molecular weight excluding hydrogens is 749 g/mol. The number of hydrogen-bond donors (Lipinski definition) is 5. The molecule has 3 aromatic rings. The number of nitrogens with one attached hydrogen (secondary N) is 3. The van der Waals surface area contributed by atoms with Gasteiger partial charge >= 0.3 is 12.1 Å². The lowest BCUT2D eigenvalue weighted by Crippen LogP contribution is -2.47. The molecule has 54 heavy (non-hydrogen) atoms. The number of hydrogen-bond acceptors (Lipinski definition) is 10. The average Bonchev–Trinajstić information content (AvgIpc) is 3.40. The molecule has 16 heteroatoms. The Labute approximate surface area is 322 Å². The Morgan fingerprint density at radius 3 is 2.44 bits per heavy atom. The molecule has 5 N–H and O–H groups in total. The van der Waals surface area contributed by atoms with Crippen LogP contribution >= 0.6 is 23.2 Å². The average molecular weight is 794 g/mol. The molecule has 12 nitrogen and oxygen atoms in total. The third kappa shape index (κ3) is 9.66. The van der Waals surface area contributed by atoms with Gasteiger partial charge in [-0.15, -0.1) is 0 Å². The molecule has 1 fully saturated rings. The van der Waals surface area contributed by atoms with Crippen LogP contribution in [0, 0.1) is 17.0 Å². The van der Waals surface area contributed by atoms with E-state index < -0.39 is 72.0 Å². The first kappa shape index (κ1) is 42.4. The summed E-state index contributed by atoms with van der Waals surface area (Å²) in [4.78, 5) is 43.7. The Morgan fingerprint density at radius 1 is 1.09 bits per heavy atom. The van der Waals surface area contributed by atoms with Gasteiger partial charge < -0.3 is 40.4 Å². The predicted octanol–water partition coefficient (Wildman–Crippen LogP) is 6.00. The summed E-state index contributed by atoms with van der Waals surface area (Å²) in [5, 5.41) is 26.7. The fraction of sp³-hybridized carbons (Fsp3) is 0.421. The van der Waals surface area contributed by atoms with Crippen molar-refractivity contribution in [1.82, 2.24) is 10.6 Å². The van der Waals surface area contributed by atoms with Crippen molar-refractivity contribution in [3.8, 4) is 5.75 Å². The van der Waals surface area contributed by atoms with Gasteiger partial charge in [0, 0.05) is 49.3 Å². The van der Waals surface area contributed by atoms with Crippen LogP contribution in [-0.2, 0) is 19.7 Å². The first-order valence-corrected chi connectivity index (χ1v) is 17.7. The van der Waals surface area contributed by atoms with Gasteiger partial charge in [0.1, 0.15) is 17.4 Å². The third-order valence-electron chi connectivity index (χ3n) is 8.90. The molecular formula is C38H44Cl2F2N4O8. The molecule has 0 saturated carbocycles. The molecule has 6 unspecified atom stereocenters. The van der Waals surface area contributed by atoms with E-state index in [1.807, 2.05) is 20.8 Å². The minimum absolute atomic E-state index is 0.0177. The Bertz CT molecular complexity index is 1880. The molecule has 6 atom stereocenters. The zero-order valence-electron chi connectivity index (χ0n) is 30.6. The van der Waals surface area contributed by atoms with E-state index in [4.69, 9.17) is 42.5 Å². The summed E-state index contributed by atoms with van der Waals surface area (Å²) < 4.78 is 48.0. The normalized spacial score (nSPS) is 21.0. The number of aliphatic hydroxyl groups is 2. The molecule has 0 bridgehead atoms. The number of halogens is 4. The number of aliphatic hydroxyl groups excluding tert-OH is 2. The van der Waals surface area contributed by atoms with Crippen LogP contribution in [-0.4, -0.2) is 86.2 Å². The number of rotatable bonds is 13. The summed E-state index contributed by atoms with van der Waals surface area (Å²) in [7, 11) is 2.84. The fourth-order valence-electron chi connectivity index (χ4n) is 6.69. The lowest BCUT2D eigenvalue weighted by atomic mass is 9.62. The number of methoxy groups -OCH3 is 1. The van der Waals surface area contributed by atoms with E-state index in [2.05, 4.69) is 20.9 Å². The summed E-state index contributed by atoms with van der Waals surface area (Å²) >= 11 is 12.5. The molecule has 0 spiro atoms. The number of benzene rings is 3. The topological polar surface area (TPSA) is 168 Å². The van der Waals surface area contributed by atoms with E-state index in [1.165, 1.54) is 69.6 Å². The molecule has 0 aliphatic carbocycles. The highest BCUT2D eigenvalue weighted by Crippen LogP contribution is 2.52. The third-order valence-corrected chi connectivity index (χ3v) is 9.42. The summed E-state index contributed by atoms with van der Waals surface area (Å²) in [6, 6.07) is 10.8. The van der Waals surface area contributed by atoms with E-state index in [9.17, 15) is 19.5 Å². The van der Waals surface area contributed by atoms with E-state index >= 15 is 8.78 Å². The highest BCUT2D eigenvalue weighted by molar-refractivity contribution is 6.31. The van der Waals surface area contributed by atoms with Crippen LogP contribution in [0.15, 0.2) is 59.6 Å². The maximum absolute atomic E-state index is 16.2. The van der Waals surface area contributed by atoms with Gasteiger partial charge in [0.25, 0.3) is 0 Å². The van der Waals surface area contributed by atoms with Crippen molar-refractivity contribution in [2.45, 2.75) is 69.9 Å². The maximum Gasteiger partial charge on any atom is 0.410 e. The monoisotopic (exact) mass is 792 g/mol. The molecule has 3 aromatic carbocycles. The highest BCUT2D eigenvalue weighted by atomic mass is 35.5. The lowest BCUT2D eigenvalue weighted by molar-refractivity contribution is -0.118. The van der Waals surface area contributed by atoms with E-state index in [0.717, 1.165) is 0 Å². The minimum Gasteiger partial charge on any atom is -0.495 e. The first-order valence-electron chi connectivity index (χ1n) is 17.0. The van der Waals surface area contributed by atoms with Gasteiger partial charge in [-0.2, -0.15) is 0 Å². The van der Waals surface area contributed by atoms with Gasteiger partial charge in [-0.1, -0.05) is 62.2 Å². The lowest BCUT2D eigenvalue weighted by Gasteiger charge is -2.40. The van der Waals surface area contributed by atoms with Gasteiger partial charge in [-0.25, -0.2) is 18.4 Å². The molecule has 2 amide bonds. The number of alkyl carbamates (subject to hydrolysis) is 1. The van der Waals surface area contributed by atoms with Crippen LogP contribution in [0.1, 0.15) is 61.5 Å². The second-order valence-corrected chi connectivity index (χ2v) is 14.9. The number of nitrogens with zero attached hydrogens (tertiary/aromatic N) is 1. The maximum atomic E-state index is 16.2. The number of esters is 1. The molecule has 0 aromatic heterocycles. The summed E-state index contributed by atoms with van der Waals surface area (Å²) in [5.41, 5.74) is -1.47. The quantitative estimate of drug-likeness (QED) is 0.0793. The SMILES string of the molecule is CN=CC1(c2ccc(Cl)cc2F)C(CC(C)(C)C)NC(C(=O)Nc2ccc(C(=O)OC(C)OC(=O)NCC(O)CO)cc2OC)C1c1cccc(Cl)c1F. The molecule has 1 aliphatic rings. The van der Waals surface area contributed by atoms with Crippen LogP contribution in [0.3, 0.4) is 0 Å². The van der Waals surface area contributed by atoms with Crippen LogP contribution in [0.25, 0.3) is 0 Å². The van der Waals surface area contributed by atoms with Crippen LogP contribution in [0.2, 0.25) is 10.0 Å². The first-order chi connectivity index (χ1) is 25.4. The standard InChI is InChI=1S/C38H44Cl2F2N4O8/c1-20(54-36(51)44-17-23(48)18-47)53-35(50)21-10-13-28(29(14-21)52-6)45-34(49)33-31(24-8-7-9-26(40)32(24)42)38(19-43-5,30(46-33)16-37(2,3)4)25-12-11-22(39)15-27(25)41/h7-15,19-20,23,30-31,33,46-48H,16-18H2,1-6H3,(H,44,51)(H,45,49). The van der Waals surface area contributed by atoms with Crippen LogP contribution in [0.4, 0.5) is 19.3 Å². The van der Waals surface area contributed by atoms with Gasteiger partial charge in [0.05, 0.1) is 47.6 Å². The zero-order chi connectivity index (χ0) is 40.0. The summed E-state index contributed by atoms with van der Waals surface area (Å²) in [6.45, 7) is 6.42. The smallest absolute Gasteiger partial charge is 0.410 e. The number of ether oxygens (including phenoxy) is 3. The second kappa shape index (κ2) is 17.9. The van der Waals surface area contributed by atoms with Crippen molar-refractivity contribution >= 4 is 53.1 Å². The Hall–Kier alpha value is -4.34. The van der Waals surface area contributed by atoms with Crippen molar-refractivity contribution < 1.29 is 47.6 Å². The minimum atomic E-state index is -1.43. The summed E-state index contributed by atoms with van der Waals surface area (Å²) in [6.07, 6.45) is -1.58. The highest BCUT2D eigenvalue weighted by Gasteiger charge is 2.59. The fourth-order valence-corrected chi connectivity index (χ4v) is 7.03. The number of carbonyl (C=O) groups excluding carboxylic acids is 3. The Morgan fingerprint density at radius 2 is 1.81 bits per heavy atom. The van der Waals surface area contributed by atoms with Gasteiger partial charge in [-0.05, 0) is 53.8 Å². The number of amides is 2. The van der Waals surface area contributed by atoms with Crippen molar-refractivity contribution in [2.75, 3.05) is 32.6 Å². The zero-order valence-corrected chi connectivity index (χ0v) is 32.1. The summed E-state index contributed by atoms with van der Waals surface area (Å²) in [5.74, 6) is -4.01. The van der Waals surface area contributed by atoms with Gasteiger partial charge in [0.2, 0.25) is 12.2 Å². The van der Waals surface area contributed by atoms with E-state index in [0.29, 0.717) is 6.42 Å². The van der Waals surface area contributed by atoms with Crippen molar-refractivity contribution in [2.24, 2.45) is 10.4 Å². The second-order valence-electron chi connectivity index (χ2n) is 14.0. The van der Waals surface area contributed by atoms with Gasteiger partial charge in [-0.3, -0.25) is 9.79 Å². The van der Waals surface area contributed by atoms with Crippen molar-refractivity contribution in [1.29, 1.82) is 0 Å².